The quantitative estimate of drug-likeness (QED) is 0.518. The van der Waals surface area contributed by atoms with Crippen LogP contribution in [0.3, 0.4) is 0 Å². The van der Waals surface area contributed by atoms with Gasteiger partial charge in [-0.05, 0) is 34.7 Å². The molecular formula is C19H14N8O2. The summed E-state index contributed by atoms with van der Waals surface area (Å²) in [7, 11) is 0. The number of hydrogen-bond donors (Lipinski definition) is 2. The fourth-order valence-corrected chi connectivity index (χ4v) is 2.66. The Morgan fingerprint density at radius 1 is 1.28 bits per heavy atom. The molecule has 0 fully saturated rings. The highest BCUT2D eigenvalue weighted by Gasteiger charge is 2.13. The van der Waals surface area contributed by atoms with Gasteiger partial charge in [0.25, 0.3) is 5.91 Å². The van der Waals surface area contributed by atoms with Gasteiger partial charge < -0.3 is 15.0 Å². The number of imidazole rings is 1. The smallest absolute Gasteiger partial charge is 0.273 e. The minimum absolute atomic E-state index is 0.193. The van der Waals surface area contributed by atoms with E-state index < -0.39 is 0 Å². The normalized spacial score (nSPS) is 10.3. The minimum atomic E-state index is -0.332. The molecule has 0 aliphatic carbocycles. The number of amides is 1. The number of nitrogens with one attached hydrogen (secondary N) is 2. The maximum absolute atomic E-state index is 12.2. The topological polar surface area (TPSA) is 134 Å². The number of ether oxygens (including phenoxy) is 1. The Kier molecular flexibility index (Phi) is 4.94. The molecule has 142 valence electrons. The fourth-order valence-electron chi connectivity index (χ4n) is 2.66. The SMILES string of the molecule is N#Cc1ccccc1COc1ccc(NC(=O)c2cnc[nH]2)cc1-n1cnnn1. The van der Waals surface area contributed by atoms with Crippen LogP contribution in [0.25, 0.3) is 5.69 Å². The minimum Gasteiger partial charge on any atom is -0.487 e. The summed E-state index contributed by atoms with van der Waals surface area (Å²) in [4.78, 5) is 18.8. The highest BCUT2D eigenvalue weighted by molar-refractivity contribution is 6.02. The summed E-state index contributed by atoms with van der Waals surface area (Å²) in [6.45, 7) is 0.193. The predicted molar refractivity (Wildman–Crippen MR) is 101 cm³/mol. The Labute approximate surface area is 164 Å². The van der Waals surface area contributed by atoms with Gasteiger partial charge in [-0.3, -0.25) is 4.79 Å². The van der Waals surface area contributed by atoms with Gasteiger partial charge in [-0.15, -0.1) is 5.10 Å². The Morgan fingerprint density at radius 2 is 2.17 bits per heavy atom. The molecule has 0 saturated carbocycles. The van der Waals surface area contributed by atoms with Gasteiger partial charge in [0.15, 0.2) is 0 Å². The molecule has 0 atom stereocenters. The van der Waals surface area contributed by atoms with E-state index in [1.807, 2.05) is 12.1 Å². The van der Waals surface area contributed by atoms with Crippen LogP contribution in [0.1, 0.15) is 21.6 Å². The van der Waals surface area contributed by atoms with Crippen LogP contribution in [0, 0.1) is 11.3 Å². The highest BCUT2D eigenvalue weighted by Crippen LogP contribution is 2.27. The third kappa shape index (κ3) is 3.93. The number of tetrazole rings is 1. The number of H-pyrrole nitrogens is 1. The molecule has 0 bridgehead atoms. The molecule has 10 heteroatoms. The number of aromatic nitrogens is 6. The van der Waals surface area contributed by atoms with Crippen LogP contribution in [0.5, 0.6) is 5.75 Å². The van der Waals surface area contributed by atoms with Crippen LogP contribution in [-0.2, 0) is 6.61 Å². The van der Waals surface area contributed by atoms with Crippen molar-refractivity contribution in [1.82, 2.24) is 30.2 Å². The zero-order chi connectivity index (χ0) is 20.1. The second-order valence-electron chi connectivity index (χ2n) is 5.91. The van der Waals surface area contributed by atoms with Gasteiger partial charge >= 0.3 is 0 Å². The molecule has 2 aromatic carbocycles. The summed E-state index contributed by atoms with van der Waals surface area (Å²) in [5.41, 5.74) is 2.70. The van der Waals surface area contributed by atoms with Crippen molar-refractivity contribution in [3.05, 3.63) is 78.1 Å². The molecule has 0 radical (unpaired) electrons. The first-order chi connectivity index (χ1) is 14.2. The summed E-state index contributed by atoms with van der Waals surface area (Å²) >= 11 is 0. The summed E-state index contributed by atoms with van der Waals surface area (Å²) in [5.74, 6) is 0.159. The van der Waals surface area contributed by atoms with Crippen LogP contribution in [0.2, 0.25) is 0 Å². The molecule has 0 unspecified atom stereocenters. The van der Waals surface area contributed by atoms with Crippen LogP contribution in [-0.4, -0.2) is 36.1 Å². The van der Waals surface area contributed by atoms with Crippen LogP contribution >= 0.6 is 0 Å². The molecule has 4 aromatic rings. The first kappa shape index (κ1) is 17.9. The number of carbonyl (C=O) groups excluding carboxylic acids is 1. The van der Waals surface area contributed by atoms with Gasteiger partial charge in [0, 0.05) is 11.3 Å². The van der Waals surface area contributed by atoms with Crippen LogP contribution in [0.15, 0.2) is 61.3 Å². The molecule has 4 rings (SSSR count). The number of aromatic amines is 1. The first-order valence-electron chi connectivity index (χ1n) is 8.52. The first-order valence-corrected chi connectivity index (χ1v) is 8.52. The lowest BCUT2D eigenvalue weighted by Crippen LogP contribution is -2.13. The van der Waals surface area contributed by atoms with E-state index in [4.69, 9.17) is 4.74 Å². The van der Waals surface area contributed by atoms with E-state index in [0.717, 1.165) is 5.56 Å². The van der Waals surface area contributed by atoms with E-state index in [-0.39, 0.29) is 12.5 Å². The molecule has 0 aliphatic rings. The van der Waals surface area contributed by atoms with Gasteiger partial charge in [0.05, 0.1) is 24.2 Å². The fraction of sp³-hybridized carbons (Fsp3) is 0.0526. The van der Waals surface area contributed by atoms with Crippen molar-refractivity contribution >= 4 is 11.6 Å². The third-order valence-corrected chi connectivity index (χ3v) is 4.08. The monoisotopic (exact) mass is 386 g/mol. The van der Waals surface area contributed by atoms with Gasteiger partial charge in [0.2, 0.25) is 0 Å². The lowest BCUT2D eigenvalue weighted by atomic mass is 10.1. The van der Waals surface area contributed by atoms with Crippen molar-refractivity contribution in [1.29, 1.82) is 5.26 Å². The maximum atomic E-state index is 12.2. The van der Waals surface area contributed by atoms with E-state index in [9.17, 15) is 10.1 Å². The van der Waals surface area contributed by atoms with E-state index in [2.05, 4.69) is 36.9 Å². The molecule has 1 amide bonds. The Bertz CT molecular complexity index is 1160. The second-order valence-corrected chi connectivity index (χ2v) is 5.91. The number of nitriles is 1. The van der Waals surface area contributed by atoms with E-state index in [1.54, 1.807) is 30.3 Å². The Morgan fingerprint density at radius 3 is 2.93 bits per heavy atom. The molecule has 0 aliphatic heterocycles. The average Bonchev–Trinajstić information content (AvgIpc) is 3.47. The van der Waals surface area contributed by atoms with Gasteiger partial charge in [-0.2, -0.15) is 9.94 Å². The van der Waals surface area contributed by atoms with E-state index in [0.29, 0.717) is 28.4 Å². The largest absolute Gasteiger partial charge is 0.487 e. The number of nitrogens with zero attached hydrogens (tertiary/aromatic N) is 6. The lowest BCUT2D eigenvalue weighted by molar-refractivity contribution is 0.102. The maximum Gasteiger partial charge on any atom is 0.273 e. The second kappa shape index (κ2) is 8.01. The number of anilines is 1. The van der Waals surface area contributed by atoms with Gasteiger partial charge in [-0.25, -0.2) is 4.98 Å². The highest BCUT2D eigenvalue weighted by atomic mass is 16.5. The third-order valence-electron chi connectivity index (χ3n) is 4.08. The summed E-state index contributed by atoms with van der Waals surface area (Å²) in [6.07, 6.45) is 4.28. The zero-order valence-electron chi connectivity index (χ0n) is 15.0. The molecule has 2 N–H and O–H groups in total. The van der Waals surface area contributed by atoms with Crippen LogP contribution < -0.4 is 10.1 Å². The number of hydrogen-bond acceptors (Lipinski definition) is 7. The Hall–Kier alpha value is -4.52. The molecule has 0 spiro atoms. The van der Waals surface area contributed by atoms with E-state index in [1.165, 1.54) is 23.5 Å². The number of rotatable bonds is 6. The molecule has 2 aromatic heterocycles. The zero-order valence-corrected chi connectivity index (χ0v) is 15.0. The van der Waals surface area contributed by atoms with Crippen LogP contribution in [0.4, 0.5) is 5.69 Å². The molecule has 2 heterocycles. The lowest BCUT2D eigenvalue weighted by Gasteiger charge is -2.13. The predicted octanol–water partition coefficient (Wildman–Crippen LogP) is 2.09. The Balaban J connectivity index is 1.60. The van der Waals surface area contributed by atoms with Crippen molar-refractivity contribution in [2.75, 3.05) is 5.32 Å². The van der Waals surface area contributed by atoms with Gasteiger partial charge in [-0.1, -0.05) is 18.2 Å². The van der Waals surface area contributed by atoms with Crippen molar-refractivity contribution in [2.24, 2.45) is 0 Å². The van der Waals surface area contributed by atoms with Crippen molar-refractivity contribution in [3.63, 3.8) is 0 Å². The van der Waals surface area contributed by atoms with Gasteiger partial charge in [0.1, 0.15) is 30.1 Å². The van der Waals surface area contributed by atoms with Crippen molar-refractivity contribution < 1.29 is 9.53 Å². The number of carbonyl (C=O) groups is 1. The molecule has 0 saturated heterocycles. The summed E-state index contributed by atoms with van der Waals surface area (Å²) < 4.78 is 7.35. The summed E-state index contributed by atoms with van der Waals surface area (Å²) in [6, 6.07) is 14.4. The molecule has 10 nitrogen and oxygen atoms in total. The average molecular weight is 386 g/mol. The standard InChI is InChI=1S/C19H14N8O2/c20-8-13-3-1-2-4-14(13)10-29-18-6-5-15(7-17(18)27-12-23-25-26-27)24-19(28)16-9-21-11-22-16/h1-7,9,11-12H,10H2,(H,21,22)(H,24,28). The molecule has 29 heavy (non-hydrogen) atoms. The number of benzene rings is 2. The van der Waals surface area contributed by atoms with Crippen molar-refractivity contribution in [3.8, 4) is 17.5 Å². The van der Waals surface area contributed by atoms with E-state index >= 15 is 0 Å². The van der Waals surface area contributed by atoms with Crippen molar-refractivity contribution in [2.45, 2.75) is 6.61 Å². The molecular weight excluding hydrogens is 372 g/mol. The summed E-state index contributed by atoms with van der Waals surface area (Å²) in [5, 5.41) is 23.2.